The van der Waals surface area contributed by atoms with Gasteiger partial charge in [0.05, 0.1) is 0 Å². The maximum Gasteiger partial charge on any atom is 0.242 e. The number of nitrogens with one attached hydrogen (secondary N) is 3. The Balaban J connectivity index is 0.00000225. The highest BCUT2D eigenvalue weighted by Crippen LogP contribution is 2.01. The van der Waals surface area contributed by atoms with Crippen molar-refractivity contribution in [2.45, 2.75) is 38.8 Å². The van der Waals surface area contributed by atoms with Gasteiger partial charge in [-0.05, 0) is 26.3 Å². The number of rotatable bonds is 3. The molecule has 16 heavy (non-hydrogen) atoms. The molecule has 0 aliphatic carbocycles. The second kappa shape index (κ2) is 7.46. The molecule has 0 radical (unpaired) electrons. The summed E-state index contributed by atoms with van der Waals surface area (Å²) >= 11 is 0. The molecule has 1 aliphatic rings. The van der Waals surface area contributed by atoms with Crippen molar-refractivity contribution < 1.29 is 9.59 Å². The molecule has 6 heteroatoms. The minimum absolute atomic E-state index is 0. The van der Waals surface area contributed by atoms with Crippen LogP contribution in [0.2, 0.25) is 0 Å². The van der Waals surface area contributed by atoms with Crippen LogP contribution in [0.1, 0.15) is 26.7 Å². The molecule has 5 nitrogen and oxygen atoms in total. The van der Waals surface area contributed by atoms with Crippen LogP contribution in [0, 0.1) is 0 Å². The highest BCUT2D eigenvalue weighted by molar-refractivity contribution is 5.86. The van der Waals surface area contributed by atoms with Gasteiger partial charge in [0, 0.05) is 19.5 Å². The predicted octanol–water partition coefficient (Wildman–Crippen LogP) is -0.199. The van der Waals surface area contributed by atoms with Crippen LogP contribution in [0.25, 0.3) is 0 Å². The first-order valence-corrected chi connectivity index (χ1v) is 5.38. The lowest BCUT2D eigenvalue weighted by Gasteiger charge is -2.25. The molecule has 1 unspecified atom stereocenters. The molecular weight excluding hydrogens is 230 g/mol. The van der Waals surface area contributed by atoms with E-state index in [4.69, 9.17) is 0 Å². The average molecular weight is 250 g/mol. The van der Waals surface area contributed by atoms with E-state index >= 15 is 0 Å². The third-order valence-corrected chi connectivity index (χ3v) is 2.46. The Bertz CT molecular complexity index is 242. The molecule has 0 aromatic heterocycles. The van der Waals surface area contributed by atoms with Crippen molar-refractivity contribution in [2.24, 2.45) is 0 Å². The zero-order chi connectivity index (χ0) is 11.3. The number of piperidine rings is 1. The third-order valence-electron chi connectivity index (χ3n) is 2.46. The summed E-state index contributed by atoms with van der Waals surface area (Å²) in [4.78, 5) is 22.3. The summed E-state index contributed by atoms with van der Waals surface area (Å²) in [7, 11) is 0. The number of amides is 2. The van der Waals surface area contributed by atoms with Crippen LogP contribution in [0.3, 0.4) is 0 Å². The van der Waals surface area contributed by atoms with Gasteiger partial charge in [0.15, 0.2) is 0 Å². The van der Waals surface area contributed by atoms with Crippen LogP contribution < -0.4 is 16.0 Å². The van der Waals surface area contributed by atoms with Crippen LogP contribution >= 0.6 is 12.4 Å². The Morgan fingerprint density at radius 2 is 2.12 bits per heavy atom. The average Bonchev–Trinajstić information content (AvgIpc) is 2.18. The first-order chi connectivity index (χ1) is 7.09. The quantitative estimate of drug-likeness (QED) is 0.649. The van der Waals surface area contributed by atoms with Gasteiger partial charge < -0.3 is 16.0 Å². The SMILES string of the molecule is CC(=O)NC(C)C(=O)N[C@H]1CCCNC1.Cl. The van der Waals surface area contributed by atoms with Crippen LogP contribution in [0.15, 0.2) is 0 Å². The fourth-order valence-electron chi connectivity index (χ4n) is 1.67. The standard InChI is InChI=1S/C10H19N3O2.ClH/c1-7(12-8(2)14)10(15)13-9-4-3-5-11-6-9;/h7,9,11H,3-6H2,1-2H3,(H,12,14)(H,13,15);1H/t7?,9-;/m0./s1. The van der Waals surface area contributed by atoms with Gasteiger partial charge in [-0.2, -0.15) is 0 Å². The van der Waals surface area contributed by atoms with Gasteiger partial charge in [0.2, 0.25) is 11.8 Å². The van der Waals surface area contributed by atoms with Crippen molar-refractivity contribution in [1.29, 1.82) is 0 Å². The smallest absolute Gasteiger partial charge is 0.242 e. The summed E-state index contributed by atoms with van der Waals surface area (Å²) in [5, 5.41) is 8.69. The summed E-state index contributed by atoms with van der Waals surface area (Å²) in [5.74, 6) is -0.293. The Hall–Kier alpha value is -0.810. The van der Waals surface area contributed by atoms with Crippen molar-refractivity contribution in [1.82, 2.24) is 16.0 Å². The molecule has 1 fully saturated rings. The molecule has 0 saturated carbocycles. The van der Waals surface area contributed by atoms with Crippen LogP contribution in [0.4, 0.5) is 0 Å². The van der Waals surface area contributed by atoms with E-state index in [2.05, 4.69) is 16.0 Å². The van der Waals surface area contributed by atoms with Gasteiger partial charge in [-0.1, -0.05) is 0 Å². The van der Waals surface area contributed by atoms with Crippen LogP contribution in [-0.4, -0.2) is 37.0 Å². The van der Waals surface area contributed by atoms with Crippen molar-refractivity contribution in [2.75, 3.05) is 13.1 Å². The number of carbonyl (C=O) groups is 2. The van der Waals surface area contributed by atoms with E-state index in [0.29, 0.717) is 0 Å². The predicted molar refractivity (Wildman–Crippen MR) is 64.6 cm³/mol. The molecule has 0 spiro atoms. The van der Waals surface area contributed by atoms with E-state index in [-0.39, 0.29) is 30.3 Å². The zero-order valence-electron chi connectivity index (χ0n) is 9.71. The largest absolute Gasteiger partial charge is 0.350 e. The maximum absolute atomic E-state index is 11.6. The fourth-order valence-corrected chi connectivity index (χ4v) is 1.67. The van der Waals surface area contributed by atoms with Gasteiger partial charge >= 0.3 is 0 Å². The molecule has 1 saturated heterocycles. The van der Waals surface area contributed by atoms with E-state index in [1.54, 1.807) is 6.92 Å². The molecule has 1 aliphatic heterocycles. The highest BCUT2D eigenvalue weighted by Gasteiger charge is 2.19. The molecule has 2 atom stereocenters. The van der Waals surface area contributed by atoms with Crippen molar-refractivity contribution in [3.05, 3.63) is 0 Å². The second-order valence-electron chi connectivity index (χ2n) is 3.97. The van der Waals surface area contributed by atoms with Crippen molar-refractivity contribution >= 4 is 24.2 Å². The summed E-state index contributed by atoms with van der Waals surface area (Å²) in [6.07, 6.45) is 2.09. The number of hydrogen-bond acceptors (Lipinski definition) is 3. The Morgan fingerprint density at radius 1 is 1.44 bits per heavy atom. The summed E-state index contributed by atoms with van der Waals surface area (Å²) in [6.45, 7) is 4.94. The number of halogens is 1. The van der Waals surface area contributed by atoms with E-state index in [1.807, 2.05) is 0 Å². The minimum Gasteiger partial charge on any atom is -0.350 e. The van der Waals surface area contributed by atoms with Crippen LogP contribution in [-0.2, 0) is 9.59 Å². The first kappa shape index (κ1) is 15.2. The van der Waals surface area contributed by atoms with Gasteiger partial charge in [-0.25, -0.2) is 0 Å². The molecule has 0 aromatic rings. The molecule has 3 N–H and O–H groups in total. The lowest BCUT2D eigenvalue weighted by Crippen LogP contribution is -2.51. The van der Waals surface area contributed by atoms with Gasteiger partial charge in [0.1, 0.15) is 6.04 Å². The third kappa shape index (κ3) is 5.32. The molecule has 0 aromatic carbocycles. The van der Waals surface area contributed by atoms with Gasteiger partial charge in [-0.15, -0.1) is 12.4 Å². The Kier molecular flexibility index (Phi) is 7.08. The lowest BCUT2D eigenvalue weighted by atomic mass is 10.1. The summed E-state index contributed by atoms with van der Waals surface area (Å²) in [6, 6.07) is -0.258. The van der Waals surface area contributed by atoms with Gasteiger partial charge in [0.25, 0.3) is 0 Å². The topological polar surface area (TPSA) is 70.2 Å². The molecule has 0 bridgehead atoms. The van der Waals surface area contributed by atoms with E-state index < -0.39 is 6.04 Å². The van der Waals surface area contributed by atoms with Crippen molar-refractivity contribution in [3.8, 4) is 0 Å². The summed E-state index contributed by atoms with van der Waals surface area (Å²) in [5.41, 5.74) is 0. The highest BCUT2D eigenvalue weighted by atomic mass is 35.5. The molecule has 1 rings (SSSR count). The van der Waals surface area contributed by atoms with E-state index in [0.717, 1.165) is 25.9 Å². The Labute approximate surface area is 102 Å². The molecular formula is C10H20ClN3O2. The number of carbonyl (C=O) groups excluding carboxylic acids is 2. The van der Waals surface area contributed by atoms with Crippen LogP contribution in [0.5, 0.6) is 0 Å². The second-order valence-corrected chi connectivity index (χ2v) is 3.97. The molecule has 2 amide bonds. The molecule has 94 valence electrons. The van der Waals surface area contributed by atoms with E-state index in [1.165, 1.54) is 6.92 Å². The lowest BCUT2D eigenvalue weighted by molar-refractivity contribution is -0.128. The maximum atomic E-state index is 11.6. The van der Waals surface area contributed by atoms with Crippen molar-refractivity contribution in [3.63, 3.8) is 0 Å². The number of hydrogen-bond donors (Lipinski definition) is 3. The molecule has 1 heterocycles. The zero-order valence-corrected chi connectivity index (χ0v) is 10.5. The Morgan fingerprint density at radius 3 is 2.62 bits per heavy atom. The van der Waals surface area contributed by atoms with Gasteiger partial charge in [-0.3, -0.25) is 9.59 Å². The van der Waals surface area contributed by atoms with E-state index in [9.17, 15) is 9.59 Å². The normalized spacial score (nSPS) is 21.5. The summed E-state index contributed by atoms with van der Waals surface area (Å²) < 4.78 is 0. The fraction of sp³-hybridized carbons (Fsp3) is 0.800. The first-order valence-electron chi connectivity index (χ1n) is 5.38. The minimum atomic E-state index is -0.454. The monoisotopic (exact) mass is 249 g/mol.